The van der Waals surface area contributed by atoms with Gasteiger partial charge in [0.15, 0.2) is 0 Å². The van der Waals surface area contributed by atoms with Crippen LogP contribution >= 0.6 is 11.6 Å². The first-order chi connectivity index (χ1) is 9.25. The number of fused-ring (bicyclic) bond motifs is 1. The second-order valence-electron chi connectivity index (χ2n) is 4.37. The van der Waals surface area contributed by atoms with E-state index < -0.39 is 6.10 Å². The minimum atomic E-state index is -0.773. The van der Waals surface area contributed by atoms with Crippen LogP contribution in [0, 0.1) is 0 Å². The summed E-state index contributed by atoms with van der Waals surface area (Å²) in [5.74, 6) is 0. The SMILES string of the molecule is O[C@@H](c1cccc(Cl)c1)c1nccc2ccccc12. The Bertz CT molecular complexity index is 721. The van der Waals surface area contributed by atoms with Gasteiger partial charge in [0.1, 0.15) is 6.10 Å². The normalized spacial score (nSPS) is 12.5. The molecule has 1 N–H and O–H groups in total. The first-order valence-electron chi connectivity index (χ1n) is 6.03. The molecule has 19 heavy (non-hydrogen) atoms. The summed E-state index contributed by atoms with van der Waals surface area (Å²) in [6.45, 7) is 0. The van der Waals surface area contributed by atoms with Gasteiger partial charge < -0.3 is 5.11 Å². The molecule has 0 aliphatic heterocycles. The largest absolute Gasteiger partial charge is 0.382 e. The molecule has 0 saturated carbocycles. The van der Waals surface area contributed by atoms with Gasteiger partial charge in [-0.25, -0.2) is 0 Å². The minimum Gasteiger partial charge on any atom is -0.382 e. The van der Waals surface area contributed by atoms with Gasteiger partial charge in [-0.05, 0) is 29.1 Å². The number of hydrogen-bond donors (Lipinski definition) is 1. The van der Waals surface area contributed by atoms with E-state index in [0.717, 1.165) is 16.3 Å². The van der Waals surface area contributed by atoms with E-state index >= 15 is 0 Å². The van der Waals surface area contributed by atoms with Crippen LogP contribution in [-0.2, 0) is 0 Å². The van der Waals surface area contributed by atoms with Crippen molar-refractivity contribution in [1.29, 1.82) is 0 Å². The van der Waals surface area contributed by atoms with E-state index in [9.17, 15) is 5.11 Å². The van der Waals surface area contributed by atoms with Crippen molar-refractivity contribution in [3.05, 3.63) is 77.1 Å². The van der Waals surface area contributed by atoms with Gasteiger partial charge in [-0.1, -0.05) is 48.0 Å². The van der Waals surface area contributed by atoms with Crippen molar-refractivity contribution in [1.82, 2.24) is 4.98 Å². The highest BCUT2D eigenvalue weighted by Gasteiger charge is 2.15. The Labute approximate surface area is 116 Å². The van der Waals surface area contributed by atoms with E-state index in [1.165, 1.54) is 0 Å². The number of nitrogens with zero attached hydrogens (tertiary/aromatic N) is 1. The summed E-state index contributed by atoms with van der Waals surface area (Å²) in [4.78, 5) is 4.32. The first-order valence-corrected chi connectivity index (χ1v) is 6.41. The number of rotatable bonds is 2. The zero-order valence-electron chi connectivity index (χ0n) is 10.1. The highest BCUT2D eigenvalue weighted by molar-refractivity contribution is 6.30. The first kappa shape index (κ1) is 12.2. The Balaban J connectivity index is 2.14. The molecule has 1 aromatic heterocycles. The Hall–Kier alpha value is -1.90. The lowest BCUT2D eigenvalue weighted by molar-refractivity contribution is 0.217. The zero-order valence-corrected chi connectivity index (χ0v) is 10.9. The van der Waals surface area contributed by atoms with Gasteiger partial charge in [0.25, 0.3) is 0 Å². The number of pyridine rings is 1. The van der Waals surface area contributed by atoms with Crippen LogP contribution in [0.1, 0.15) is 17.4 Å². The molecule has 0 saturated heterocycles. The van der Waals surface area contributed by atoms with Gasteiger partial charge in [-0.15, -0.1) is 0 Å². The summed E-state index contributed by atoms with van der Waals surface area (Å²) in [5, 5.41) is 13.1. The Morgan fingerprint density at radius 2 is 1.84 bits per heavy atom. The summed E-state index contributed by atoms with van der Waals surface area (Å²) in [5.41, 5.74) is 1.40. The maximum absolute atomic E-state index is 10.5. The standard InChI is InChI=1S/C16H12ClNO/c17-13-6-3-5-12(10-13)16(19)15-14-7-2-1-4-11(14)8-9-18-15/h1-10,16,19H/t16-/m0/s1. The summed E-state index contributed by atoms with van der Waals surface area (Å²) in [7, 11) is 0. The van der Waals surface area contributed by atoms with E-state index in [4.69, 9.17) is 11.6 Å². The molecule has 0 aliphatic rings. The van der Waals surface area contributed by atoms with Crippen LogP contribution in [-0.4, -0.2) is 10.1 Å². The third kappa shape index (κ3) is 2.33. The average molecular weight is 270 g/mol. The second-order valence-corrected chi connectivity index (χ2v) is 4.81. The third-order valence-corrected chi connectivity index (χ3v) is 3.36. The minimum absolute atomic E-state index is 0.608. The molecule has 0 bridgehead atoms. The number of aliphatic hydroxyl groups excluding tert-OH is 1. The predicted octanol–water partition coefficient (Wildman–Crippen LogP) is 3.97. The molecule has 0 unspecified atom stereocenters. The second kappa shape index (κ2) is 5.00. The van der Waals surface area contributed by atoms with Crippen LogP contribution in [0.2, 0.25) is 5.02 Å². The monoisotopic (exact) mass is 269 g/mol. The summed E-state index contributed by atoms with van der Waals surface area (Å²) >= 11 is 5.96. The van der Waals surface area contributed by atoms with Crippen molar-refractivity contribution in [2.75, 3.05) is 0 Å². The van der Waals surface area contributed by atoms with Crippen LogP contribution in [0.5, 0.6) is 0 Å². The van der Waals surface area contributed by atoms with Crippen molar-refractivity contribution in [3.63, 3.8) is 0 Å². The van der Waals surface area contributed by atoms with Crippen molar-refractivity contribution < 1.29 is 5.11 Å². The Kier molecular flexibility index (Phi) is 3.20. The number of hydrogen-bond acceptors (Lipinski definition) is 2. The molecule has 1 heterocycles. The fourth-order valence-corrected chi connectivity index (χ4v) is 2.39. The molecular weight excluding hydrogens is 258 g/mol. The number of aliphatic hydroxyl groups is 1. The molecule has 0 fully saturated rings. The van der Waals surface area contributed by atoms with Crippen molar-refractivity contribution in [3.8, 4) is 0 Å². The van der Waals surface area contributed by atoms with Gasteiger partial charge in [0.2, 0.25) is 0 Å². The number of halogens is 1. The lowest BCUT2D eigenvalue weighted by atomic mass is 10.0. The van der Waals surface area contributed by atoms with Crippen molar-refractivity contribution in [2.45, 2.75) is 6.10 Å². The molecule has 1 atom stereocenters. The average Bonchev–Trinajstić information content (AvgIpc) is 2.46. The smallest absolute Gasteiger partial charge is 0.122 e. The van der Waals surface area contributed by atoms with Crippen LogP contribution in [0.3, 0.4) is 0 Å². The molecule has 0 amide bonds. The molecule has 3 rings (SSSR count). The number of benzene rings is 2. The van der Waals surface area contributed by atoms with E-state index in [0.29, 0.717) is 10.7 Å². The topological polar surface area (TPSA) is 33.1 Å². The maximum Gasteiger partial charge on any atom is 0.122 e. The van der Waals surface area contributed by atoms with Gasteiger partial charge in [-0.3, -0.25) is 4.98 Å². The fourth-order valence-electron chi connectivity index (χ4n) is 2.20. The molecule has 94 valence electrons. The molecule has 3 heteroatoms. The van der Waals surface area contributed by atoms with Gasteiger partial charge in [0.05, 0.1) is 5.69 Å². The quantitative estimate of drug-likeness (QED) is 0.764. The molecule has 0 radical (unpaired) electrons. The van der Waals surface area contributed by atoms with Gasteiger partial charge in [0, 0.05) is 16.6 Å². The highest BCUT2D eigenvalue weighted by atomic mass is 35.5. The lowest BCUT2D eigenvalue weighted by Crippen LogP contribution is -2.03. The van der Waals surface area contributed by atoms with Crippen molar-refractivity contribution in [2.24, 2.45) is 0 Å². The van der Waals surface area contributed by atoms with E-state index in [2.05, 4.69) is 4.98 Å². The summed E-state index contributed by atoms with van der Waals surface area (Å²) in [6, 6.07) is 17.0. The van der Waals surface area contributed by atoms with Crippen molar-refractivity contribution >= 4 is 22.4 Å². The van der Waals surface area contributed by atoms with Crippen LogP contribution in [0.15, 0.2) is 60.8 Å². The fraction of sp³-hybridized carbons (Fsp3) is 0.0625. The Morgan fingerprint density at radius 1 is 1.00 bits per heavy atom. The molecule has 0 aliphatic carbocycles. The van der Waals surface area contributed by atoms with E-state index in [1.54, 1.807) is 18.3 Å². The Morgan fingerprint density at radius 3 is 2.68 bits per heavy atom. The molecule has 2 aromatic carbocycles. The van der Waals surface area contributed by atoms with Gasteiger partial charge in [-0.2, -0.15) is 0 Å². The maximum atomic E-state index is 10.5. The molecular formula is C16H12ClNO. The highest BCUT2D eigenvalue weighted by Crippen LogP contribution is 2.28. The van der Waals surface area contributed by atoms with E-state index in [-0.39, 0.29) is 0 Å². The van der Waals surface area contributed by atoms with Crippen LogP contribution in [0.4, 0.5) is 0 Å². The zero-order chi connectivity index (χ0) is 13.2. The van der Waals surface area contributed by atoms with Crippen LogP contribution in [0.25, 0.3) is 10.8 Å². The molecule has 3 aromatic rings. The third-order valence-electron chi connectivity index (χ3n) is 3.13. The number of aromatic nitrogens is 1. The van der Waals surface area contributed by atoms with E-state index in [1.807, 2.05) is 42.5 Å². The van der Waals surface area contributed by atoms with Crippen LogP contribution < -0.4 is 0 Å². The lowest BCUT2D eigenvalue weighted by Gasteiger charge is -2.13. The van der Waals surface area contributed by atoms with Gasteiger partial charge >= 0.3 is 0 Å². The molecule has 0 spiro atoms. The summed E-state index contributed by atoms with van der Waals surface area (Å²) in [6.07, 6.45) is 0.940. The summed E-state index contributed by atoms with van der Waals surface area (Å²) < 4.78 is 0. The predicted molar refractivity (Wildman–Crippen MR) is 77.3 cm³/mol. The molecule has 2 nitrogen and oxygen atoms in total.